The third-order valence-electron chi connectivity index (χ3n) is 1.52. The molecule has 0 radical (unpaired) electrons. The van der Waals surface area contributed by atoms with E-state index < -0.39 is 7.94 Å². The molecule has 3 nitrogen and oxygen atoms in total. The molecule has 4 heteroatoms. The Kier molecular flexibility index (Phi) is 4.12. The van der Waals surface area contributed by atoms with Crippen LogP contribution in [0.1, 0.15) is 34.1 Å². The normalized spacial score (nSPS) is 16.2. The highest BCUT2D eigenvalue weighted by molar-refractivity contribution is 7.58. The monoisotopic (exact) mass is 195 g/mol. The summed E-state index contributed by atoms with van der Waals surface area (Å²) in [6.07, 6.45) is 1.00. The van der Waals surface area contributed by atoms with E-state index >= 15 is 0 Å². The van der Waals surface area contributed by atoms with Gasteiger partial charge < -0.3 is 0 Å². The Morgan fingerprint density at radius 1 is 1.17 bits per heavy atom. The van der Waals surface area contributed by atoms with E-state index in [1.54, 1.807) is 0 Å². The maximum absolute atomic E-state index is 8.81. The zero-order valence-electron chi connectivity index (χ0n) is 8.28. The van der Waals surface area contributed by atoms with Crippen LogP contribution in [0.2, 0.25) is 0 Å². The Bertz CT molecular complexity index is 118. The summed E-state index contributed by atoms with van der Waals surface area (Å²) in [7, 11) is -3.56. The zero-order valence-corrected chi connectivity index (χ0v) is 9.17. The first-order valence-corrected chi connectivity index (χ1v) is 6.00. The van der Waals surface area contributed by atoms with Crippen molar-refractivity contribution in [2.45, 2.75) is 34.1 Å². The van der Waals surface area contributed by atoms with E-state index in [1.807, 2.05) is 6.92 Å². The van der Waals surface area contributed by atoms with Crippen LogP contribution < -0.4 is 0 Å². The van der Waals surface area contributed by atoms with Crippen LogP contribution in [0, 0.1) is 11.3 Å². The van der Waals surface area contributed by atoms with Crippen molar-refractivity contribution in [2.75, 3.05) is 6.16 Å². The quantitative estimate of drug-likeness (QED) is 0.602. The first kappa shape index (κ1) is 12.3. The molecule has 0 saturated carbocycles. The topological polar surface area (TPSA) is 60.7 Å². The largest absolute Gasteiger partial charge is 0.403 e. The van der Waals surface area contributed by atoms with Crippen molar-refractivity contribution < 1.29 is 14.7 Å². The fourth-order valence-corrected chi connectivity index (χ4v) is 2.49. The van der Waals surface area contributed by atoms with Gasteiger partial charge in [-0.05, 0) is 17.8 Å². The summed E-state index contributed by atoms with van der Waals surface area (Å²) in [6.45, 7) is 8.20. The van der Waals surface area contributed by atoms with E-state index in [9.17, 15) is 0 Å². The molecule has 74 valence electrons. The van der Waals surface area contributed by atoms with Crippen LogP contribution in [0.15, 0.2) is 0 Å². The molecule has 0 bridgehead atoms. The molecule has 0 aromatic heterocycles. The molecule has 0 aliphatic heterocycles. The second kappa shape index (κ2) is 4.01. The van der Waals surface area contributed by atoms with Crippen LogP contribution in [0.25, 0.3) is 0 Å². The molecule has 0 aliphatic rings. The minimum atomic E-state index is -3.56. The molecule has 0 spiro atoms. The average molecular weight is 195 g/mol. The van der Waals surface area contributed by atoms with Crippen molar-refractivity contribution in [1.82, 2.24) is 0 Å². The SMILES string of the molecule is CC(CC(C)(C)C)C[P+](O)(O)O. The predicted octanol–water partition coefficient (Wildman–Crippen LogP) is 1.80. The van der Waals surface area contributed by atoms with Crippen LogP contribution in [0.3, 0.4) is 0 Å². The molecule has 0 fully saturated rings. The summed E-state index contributed by atoms with van der Waals surface area (Å²) in [5.41, 5.74) is 0.175. The minimum absolute atomic E-state index is 0.115. The standard InChI is InChI=1S/C8H20O3P/c1-7(5-8(2,3)4)6-12(9,10)11/h7,9-11H,5-6H2,1-4H3/q+1. The van der Waals surface area contributed by atoms with Gasteiger partial charge in [-0.15, -0.1) is 0 Å². The molecule has 0 heterocycles. The molecule has 3 N–H and O–H groups in total. The summed E-state index contributed by atoms with van der Waals surface area (Å²) in [4.78, 5) is 26.4. The Labute approximate surface area is 75.0 Å². The molecule has 0 aromatic carbocycles. The molecule has 0 aromatic rings. The summed E-state index contributed by atoms with van der Waals surface area (Å²) in [5.74, 6) is 0.151. The van der Waals surface area contributed by atoms with E-state index in [0.29, 0.717) is 0 Å². The predicted molar refractivity (Wildman–Crippen MR) is 51.7 cm³/mol. The highest BCUT2D eigenvalue weighted by Gasteiger charge is 2.33. The molecule has 12 heavy (non-hydrogen) atoms. The van der Waals surface area contributed by atoms with Gasteiger partial charge in [-0.3, -0.25) is 0 Å². The van der Waals surface area contributed by atoms with E-state index in [2.05, 4.69) is 20.8 Å². The summed E-state index contributed by atoms with van der Waals surface area (Å²) in [6, 6.07) is 0. The molecule has 0 rings (SSSR count). The lowest BCUT2D eigenvalue weighted by atomic mass is 9.86. The first-order valence-electron chi connectivity index (χ1n) is 4.16. The Morgan fingerprint density at radius 2 is 1.58 bits per heavy atom. The lowest BCUT2D eigenvalue weighted by Crippen LogP contribution is -2.15. The third-order valence-corrected chi connectivity index (χ3v) is 2.63. The van der Waals surface area contributed by atoms with Gasteiger partial charge in [0.1, 0.15) is 6.16 Å². The first-order chi connectivity index (χ1) is 5.10. The second-order valence-corrected chi connectivity index (χ2v) is 6.50. The Hall–Kier alpha value is 0.310. The maximum Gasteiger partial charge on any atom is 0.403 e. The smallest absolute Gasteiger partial charge is 0.193 e. The van der Waals surface area contributed by atoms with Crippen LogP contribution in [-0.2, 0) is 0 Å². The van der Waals surface area contributed by atoms with Crippen LogP contribution in [-0.4, -0.2) is 20.8 Å². The van der Waals surface area contributed by atoms with Gasteiger partial charge in [0.15, 0.2) is 0 Å². The van der Waals surface area contributed by atoms with Gasteiger partial charge in [0.05, 0.1) is 0 Å². The van der Waals surface area contributed by atoms with Gasteiger partial charge in [-0.25, -0.2) is 0 Å². The van der Waals surface area contributed by atoms with Gasteiger partial charge in [0.25, 0.3) is 0 Å². The van der Waals surface area contributed by atoms with Gasteiger partial charge in [-0.2, -0.15) is 14.7 Å². The van der Waals surface area contributed by atoms with Crippen LogP contribution in [0.5, 0.6) is 0 Å². The third kappa shape index (κ3) is 8.41. The van der Waals surface area contributed by atoms with Gasteiger partial charge in [0, 0.05) is 0 Å². The van der Waals surface area contributed by atoms with Crippen molar-refractivity contribution >= 4 is 7.94 Å². The second-order valence-electron chi connectivity index (χ2n) is 4.75. The molecule has 1 atom stereocenters. The molecular weight excluding hydrogens is 175 g/mol. The lowest BCUT2D eigenvalue weighted by Gasteiger charge is -2.22. The maximum atomic E-state index is 8.81. The van der Waals surface area contributed by atoms with Crippen LogP contribution >= 0.6 is 7.94 Å². The molecule has 0 amide bonds. The Balaban J connectivity index is 3.83. The molecule has 0 saturated heterocycles. The number of hydrogen-bond acceptors (Lipinski definition) is 3. The number of rotatable bonds is 3. The van der Waals surface area contributed by atoms with Crippen LogP contribution in [0.4, 0.5) is 0 Å². The van der Waals surface area contributed by atoms with Gasteiger partial charge >= 0.3 is 7.94 Å². The Morgan fingerprint density at radius 3 is 1.83 bits per heavy atom. The fourth-order valence-electron chi connectivity index (χ4n) is 1.53. The van der Waals surface area contributed by atoms with Gasteiger partial charge in [0.2, 0.25) is 0 Å². The summed E-state index contributed by atoms with van der Waals surface area (Å²) in [5, 5.41) is 0. The fraction of sp³-hybridized carbons (Fsp3) is 1.00. The molecule has 0 aliphatic carbocycles. The molecular formula is C8H20O3P+. The lowest BCUT2D eigenvalue weighted by molar-refractivity contribution is 0.288. The van der Waals surface area contributed by atoms with Crippen molar-refractivity contribution in [3.63, 3.8) is 0 Å². The number of hydrogen-bond donors (Lipinski definition) is 3. The minimum Gasteiger partial charge on any atom is -0.193 e. The van der Waals surface area contributed by atoms with E-state index in [0.717, 1.165) is 6.42 Å². The molecule has 1 unspecified atom stereocenters. The van der Waals surface area contributed by atoms with E-state index in [1.165, 1.54) is 0 Å². The van der Waals surface area contributed by atoms with Crippen molar-refractivity contribution in [2.24, 2.45) is 11.3 Å². The summed E-state index contributed by atoms with van der Waals surface area (Å²) >= 11 is 0. The summed E-state index contributed by atoms with van der Waals surface area (Å²) < 4.78 is 0. The van der Waals surface area contributed by atoms with Crippen molar-refractivity contribution in [3.8, 4) is 0 Å². The highest BCUT2D eigenvalue weighted by atomic mass is 31.2. The van der Waals surface area contributed by atoms with Crippen molar-refractivity contribution in [3.05, 3.63) is 0 Å². The van der Waals surface area contributed by atoms with E-state index in [4.69, 9.17) is 14.7 Å². The highest BCUT2D eigenvalue weighted by Crippen LogP contribution is 2.47. The van der Waals surface area contributed by atoms with E-state index in [-0.39, 0.29) is 17.5 Å². The van der Waals surface area contributed by atoms with Crippen molar-refractivity contribution in [1.29, 1.82) is 0 Å². The average Bonchev–Trinajstić information content (AvgIpc) is 1.49. The zero-order chi connectivity index (χ0) is 9.99. The van der Waals surface area contributed by atoms with Gasteiger partial charge in [-0.1, -0.05) is 27.7 Å².